The number of phenolic OH excluding ortho intramolecular Hbond substituents is 1. The van der Waals surface area contributed by atoms with Gasteiger partial charge >= 0.3 is 0 Å². The minimum absolute atomic E-state index is 0.0263. The number of amides is 1. The Balaban J connectivity index is 1.92. The van der Waals surface area contributed by atoms with Crippen molar-refractivity contribution in [2.75, 3.05) is 6.54 Å². The number of nitrogens with two attached hydrogens (primary N) is 1. The van der Waals surface area contributed by atoms with Gasteiger partial charge in [0.25, 0.3) is 5.91 Å². The number of aryl methyl sites for hydroxylation is 1. The van der Waals surface area contributed by atoms with Crippen molar-refractivity contribution in [1.82, 2.24) is 5.32 Å². The molecule has 92 valence electrons. The highest BCUT2D eigenvalue weighted by Crippen LogP contribution is 2.25. The molecule has 4 nitrogen and oxygen atoms in total. The average molecular weight is 234 g/mol. The zero-order valence-electron chi connectivity index (χ0n) is 9.94. The van der Waals surface area contributed by atoms with Gasteiger partial charge in [-0.2, -0.15) is 0 Å². The molecule has 0 radical (unpaired) electrons. The lowest BCUT2D eigenvalue weighted by Gasteiger charge is -2.32. The molecule has 4 N–H and O–H groups in total. The molecule has 0 heterocycles. The van der Waals surface area contributed by atoms with E-state index in [1.807, 2.05) is 6.92 Å². The van der Waals surface area contributed by atoms with Crippen LogP contribution in [-0.2, 0) is 0 Å². The van der Waals surface area contributed by atoms with Gasteiger partial charge in [0.1, 0.15) is 5.75 Å². The normalized spacial score (nSPS) is 22.9. The maximum atomic E-state index is 11.8. The summed E-state index contributed by atoms with van der Waals surface area (Å²) in [7, 11) is 0. The summed E-state index contributed by atoms with van der Waals surface area (Å²) in [5, 5.41) is 12.4. The number of benzene rings is 1. The third kappa shape index (κ3) is 2.77. The molecule has 0 aliphatic heterocycles. The second-order valence-corrected chi connectivity index (χ2v) is 4.83. The summed E-state index contributed by atoms with van der Waals surface area (Å²) in [4.78, 5) is 11.8. The molecule has 1 aromatic rings. The molecule has 0 bridgehead atoms. The van der Waals surface area contributed by atoms with Gasteiger partial charge in [-0.25, -0.2) is 0 Å². The van der Waals surface area contributed by atoms with Gasteiger partial charge in [0.2, 0.25) is 0 Å². The van der Waals surface area contributed by atoms with Crippen LogP contribution in [0.4, 0.5) is 0 Å². The van der Waals surface area contributed by atoms with Gasteiger partial charge in [0.05, 0.1) is 5.56 Å². The molecule has 2 rings (SSSR count). The van der Waals surface area contributed by atoms with Crippen molar-refractivity contribution < 1.29 is 9.90 Å². The lowest BCUT2D eigenvalue weighted by atomic mass is 9.81. The first-order valence-electron chi connectivity index (χ1n) is 5.89. The minimum atomic E-state index is -0.216. The van der Waals surface area contributed by atoms with E-state index < -0.39 is 0 Å². The summed E-state index contributed by atoms with van der Waals surface area (Å²) in [5.41, 5.74) is 6.98. The molecular formula is C13H18N2O2. The van der Waals surface area contributed by atoms with E-state index in [1.165, 1.54) is 0 Å². The average Bonchev–Trinajstić information content (AvgIpc) is 2.26. The number of carbonyl (C=O) groups is 1. The van der Waals surface area contributed by atoms with Crippen molar-refractivity contribution in [3.05, 3.63) is 29.3 Å². The summed E-state index contributed by atoms with van der Waals surface area (Å²) in [6.45, 7) is 2.53. The van der Waals surface area contributed by atoms with Gasteiger partial charge in [-0.1, -0.05) is 11.6 Å². The molecule has 1 amide bonds. The smallest absolute Gasteiger partial charge is 0.255 e. The van der Waals surface area contributed by atoms with Crippen LogP contribution in [0.1, 0.15) is 28.8 Å². The van der Waals surface area contributed by atoms with E-state index in [0.717, 1.165) is 18.4 Å². The first kappa shape index (κ1) is 11.9. The number of carbonyl (C=O) groups excluding carboxylic acids is 1. The number of nitrogens with one attached hydrogen (secondary N) is 1. The highest BCUT2D eigenvalue weighted by atomic mass is 16.3. The van der Waals surface area contributed by atoms with E-state index in [9.17, 15) is 9.90 Å². The topological polar surface area (TPSA) is 75.3 Å². The third-order valence-corrected chi connectivity index (χ3v) is 3.22. The molecule has 1 saturated carbocycles. The first-order valence-corrected chi connectivity index (χ1v) is 5.89. The zero-order chi connectivity index (χ0) is 12.4. The molecule has 0 saturated heterocycles. The predicted octanol–water partition coefficient (Wildman–Crippen LogP) is 1.17. The Bertz CT molecular complexity index is 425. The van der Waals surface area contributed by atoms with E-state index in [-0.39, 0.29) is 11.7 Å². The van der Waals surface area contributed by atoms with Crippen LogP contribution in [0.25, 0.3) is 0 Å². The monoisotopic (exact) mass is 234 g/mol. The molecule has 1 aromatic carbocycles. The zero-order valence-corrected chi connectivity index (χ0v) is 9.94. The molecule has 4 heteroatoms. The van der Waals surface area contributed by atoms with E-state index in [2.05, 4.69) is 5.32 Å². The Hall–Kier alpha value is -1.55. The highest BCUT2D eigenvalue weighted by Gasteiger charge is 2.26. The van der Waals surface area contributed by atoms with E-state index in [1.54, 1.807) is 18.2 Å². The van der Waals surface area contributed by atoms with Crippen LogP contribution in [0, 0.1) is 12.8 Å². The van der Waals surface area contributed by atoms with Crippen molar-refractivity contribution in [1.29, 1.82) is 0 Å². The van der Waals surface area contributed by atoms with Crippen LogP contribution in [0.15, 0.2) is 18.2 Å². The van der Waals surface area contributed by atoms with E-state index in [4.69, 9.17) is 5.73 Å². The predicted molar refractivity (Wildman–Crippen MR) is 65.9 cm³/mol. The molecule has 17 heavy (non-hydrogen) atoms. The number of phenols is 1. The largest absolute Gasteiger partial charge is 0.507 e. The second kappa shape index (κ2) is 4.75. The SMILES string of the molecule is Cc1ccc(O)c(C(=O)NCC2CC(N)C2)c1. The van der Waals surface area contributed by atoms with Gasteiger partial charge in [-0.3, -0.25) is 4.79 Å². The second-order valence-electron chi connectivity index (χ2n) is 4.83. The quantitative estimate of drug-likeness (QED) is 0.734. The van der Waals surface area contributed by atoms with Crippen LogP contribution in [0.3, 0.4) is 0 Å². The van der Waals surface area contributed by atoms with E-state index >= 15 is 0 Å². The molecular weight excluding hydrogens is 216 g/mol. The third-order valence-electron chi connectivity index (χ3n) is 3.22. The Morgan fingerprint density at radius 2 is 2.24 bits per heavy atom. The van der Waals surface area contributed by atoms with Crippen LogP contribution in [-0.4, -0.2) is 23.6 Å². The van der Waals surface area contributed by atoms with Crippen molar-refractivity contribution in [2.45, 2.75) is 25.8 Å². The number of hydrogen-bond acceptors (Lipinski definition) is 3. The lowest BCUT2D eigenvalue weighted by molar-refractivity contribution is 0.0932. The Labute approximate surface area is 101 Å². The fourth-order valence-corrected chi connectivity index (χ4v) is 2.12. The maximum absolute atomic E-state index is 11.8. The first-order chi connectivity index (χ1) is 8.06. The van der Waals surface area contributed by atoms with Crippen LogP contribution in [0.2, 0.25) is 0 Å². The van der Waals surface area contributed by atoms with Gasteiger partial charge < -0.3 is 16.2 Å². The number of rotatable bonds is 3. The van der Waals surface area contributed by atoms with Crippen LogP contribution < -0.4 is 11.1 Å². The Morgan fingerprint density at radius 1 is 1.53 bits per heavy atom. The van der Waals surface area contributed by atoms with Gasteiger partial charge in [-0.05, 0) is 37.8 Å². The standard InChI is InChI=1S/C13H18N2O2/c1-8-2-3-12(16)11(4-8)13(17)15-7-9-5-10(14)6-9/h2-4,9-10,16H,5-7,14H2,1H3,(H,15,17). The van der Waals surface area contributed by atoms with Gasteiger partial charge in [-0.15, -0.1) is 0 Å². The fourth-order valence-electron chi connectivity index (χ4n) is 2.12. The van der Waals surface area contributed by atoms with Crippen molar-refractivity contribution in [3.63, 3.8) is 0 Å². The van der Waals surface area contributed by atoms with Crippen molar-refractivity contribution in [3.8, 4) is 5.75 Å². The Morgan fingerprint density at radius 3 is 2.88 bits per heavy atom. The molecule has 0 aromatic heterocycles. The summed E-state index contributed by atoms with van der Waals surface area (Å²) in [6.07, 6.45) is 1.94. The van der Waals surface area contributed by atoms with Crippen LogP contribution in [0.5, 0.6) is 5.75 Å². The summed E-state index contributed by atoms with van der Waals surface area (Å²) in [5.74, 6) is 0.297. The number of hydrogen-bond donors (Lipinski definition) is 3. The van der Waals surface area contributed by atoms with Crippen LogP contribution >= 0.6 is 0 Å². The van der Waals surface area contributed by atoms with Gasteiger partial charge in [0.15, 0.2) is 0 Å². The lowest BCUT2D eigenvalue weighted by Crippen LogP contribution is -2.42. The Kier molecular flexibility index (Phi) is 3.33. The highest BCUT2D eigenvalue weighted by molar-refractivity contribution is 5.96. The molecule has 0 atom stereocenters. The number of aromatic hydroxyl groups is 1. The minimum Gasteiger partial charge on any atom is -0.507 e. The maximum Gasteiger partial charge on any atom is 0.255 e. The summed E-state index contributed by atoms with van der Waals surface area (Å²) < 4.78 is 0. The fraction of sp³-hybridized carbons (Fsp3) is 0.462. The molecule has 0 spiro atoms. The van der Waals surface area contributed by atoms with Crippen molar-refractivity contribution >= 4 is 5.91 Å². The summed E-state index contributed by atoms with van der Waals surface area (Å²) >= 11 is 0. The summed E-state index contributed by atoms with van der Waals surface area (Å²) in [6, 6.07) is 5.31. The van der Waals surface area contributed by atoms with Crippen molar-refractivity contribution in [2.24, 2.45) is 11.7 Å². The van der Waals surface area contributed by atoms with E-state index in [0.29, 0.717) is 24.1 Å². The van der Waals surface area contributed by atoms with Gasteiger partial charge in [0, 0.05) is 12.6 Å². The molecule has 0 unspecified atom stereocenters. The molecule has 1 aliphatic carbocycles. The molecule has 1 aliphatic rings. The molecule has 1 fully saturated rings.